The van der Waals surface area contributed by atoms with E-state index in [-0.39, 0.29) is 36.1 Å². The Morgan fingerprint density at radius 2 is 2.11 bits per heavy atom. The SMILES string of the molecule is CC(N)C(C)C(=O)N1CCCc2cc(F)ccc21.Cl. The molecule has 0 saturated carbocycles. The molecule has 0 radical (unpaired) electrons. The molecule has 5 heteroatoms. The number of nitrogens with zero attached hydrogens (tertiary/aromatic N) is 1. The zero-order chi connectivity index (χ0) is 13.3. The molecule has 0 aliphatic carbocycles. The van der Waals surface area contributed by atoms with E-state index in [0.717, 1.165) is 24.1 Å². The van der Waals surface area contributed by atoms with E-state index in [1.165, 1.54) is 12.1 Å². The predicted octanol–water partition coefficient (Wildman–Crippen LogP) is 2.51. The zero-order valence-electron chi connectivity index (χ0n) is 11.2. The minimum absolute atomic E-state index is 0. The van der Waals surface area contributed by atoms with E-state index in [1.807, 2.05) is 13.8 Å². The lowest BCUT2D eigenvalue weighted by Crippen LogP contribution is -2.44. The molecule has 106 valence electrons. The topological polar surface area (TPSA) is 46.3 Å². The van der Waals surface area contributed by atoms with Crippen LogP contribution in [-0.4, -0.2) is 18.5 Å². The summed E-state index contributed by atoms with van der Waals surface area (Å²) < 4.78 is 13.2. The van der Waals surface area contributed by atoms with Crippen LogP contribution in [0.1, 0.15) is 25.8 Å². The molecule has 1 aliphatic rings. The molecule has 2 atom stereocenters. The van der Waals surface area contributed by atoms with Gasteiger partial charge in [-0.1, -0.05) is 6.92 Å². The van der Waals surface area contributed by atoms with Crippen molar-refractivity contribution in [1.29, 1.82) is 0 Å². The average Bonchev–Trinajstić information content (AvgIpc) is 2.35. The highest BCUT2D eigenvalue weighted by molar-refractivity contribution is 5.96. The van der Waals surface area contributed by atoms with Gasteiger partial charge in [0.1, 0.15) is 5.82 Å². The summed E-state index contributed by atoms with van der Waals surface area (Å²) in [7, 11) is 0. The predicted molar refractivity (Wildman–Crippen MR) is 77.1 cm³/mol. The molecule has 0 bridgehead atoms. The first-order valence-electron chi connectivity index (χ1n) is 6.36. The van der Waals surface area contributed by atoms with Gasteiger partial charge in [0, 0.05) is 18.3 Å². The van der Waals surface area contributed by atoms with E-state index in [0.29, 0.717) is 6.54 Å². The van der Waals surface area contributed by atoms with Gasteiger partial charge >= 0.3 is 0 Å². The number of nitrogens with two attached hydrogens (primary N) is 1. The molecule has 3 nitrogen and oxygen atoms in total. The second-order valence-corrected chi connectivity index (χ2v) is 5.01. The Morgan fingerprint density at radius 3 is 2.74 bits per heavy atom. The minimum atomic E-state index is -0.247. The second kappa shape index (κ2) is 6.35. The van der Waals surface area contributed by atoms with Crippen LogP contribution in [0.25, 0.3) is 0 Å². The van der Waals surface area contributed by atoms with Crippen molar-refractivity contribution in [2.24, 2.45) is 11.7 Å². The van der Waals surface area contributed by atoms with Crippen molar-refractivity contribution in [3.63, 3.8) is 0 Å². The first kappa shape index (κ1) is 15.9. The summed E-state index contributed by atoms with van der Waals surface area (Å²) in [5.41, 5.74) is 7.52. The molecule has 1 aromatic carbocycles. The van der Waals surface area contributed by atoms with Crippen LogP contribution in [0.2, 0.25) is 0 Å². The molecule has 0 saturated heterocycles. The molecule has 2 N–H and O–H groups in total. The molecule has 1 heterocycles. The van der Waals surface area contributed by atoms with E-state index in [4.69, 9.17) is 5.73 Å². The Kier molecular flexibility index (Phi) is 5.32. The van der Waals surface area contributed by atoms with Gasteiger partial charge in [-0.05, 0) is 43.5 Å². The minimum Gasteiger partial charge on any atom is -0.327 e. The van der Waals surface area contributed by atoms with Gasteiger partial charge in [-0.25, -0.2) is 4.39 Å². The number of rotatable bonds is 2. The summed E-state index contributed by atoms with van der Waals surface area (Å²) in [6.07, 6.45) is 1.69. The average molecular weight is 287 g/mol. The van der Waals surface area contributed by atoms with E-state index in [2.05, 4.69) is 0 Å². The van der Waals surface area contributed by atoms with E-state index >= 15 is 0 Å². The van der Waals surface area contributed by atoms with Crippen LogP contribution in [0.3, 0.4) is 0 Å². The molecule has 1 aliphatic heterocycles. The summed E-state index contributed by atoms with van der Waals surface area (Å²) in [5.74, 6) is -0.443. The maximum absolute atomic E-state index is 13.2. The van der Waals surface area contributed by atoms with Gasteiger partial charge in [-0.3, -0.25) is 4.79 Å². The Bertz CT molecular complexity index is 465. The van der Waals surface area contributed by atoms with Crippen LogP contribution < -0.4 is 10.6 Å². The van der Waals surface area contributed by atoms with Crippen molar-refractivity contribution in [2.75, 3.05) is 11.4 Å². The molecule has 0 spiro atoms. The molecule has 0 aromatic heterocycles. The van der Waals surface area contributed by atoms with E-state index < -0.39 is 0 Å². The van der Waals surface area contributed by atoms with Crippen molar-refractivity contribution in [3.05, 3.63) is 29.6 Å². The maximum atomic E-state index is 13.2. The number of hydrogen-bond donors (Lipinski definition) is 1. The van der Waals surface area contributed by atoms with Gasteiger partial charge in [0.25, 0.3) is 0 Å². The van der Waals surface area contributed by atoms with Crippen LogP contribution in [0.15, 0.2) is 18.2 Å². The molecule has 2 unspecified atom stereocenters. The number of fused-ring (bicyclic) bond motifs is 1. The van der Waals surface area contributed by atoms with Crippen LogP contribution >= 0.6 is 12.4 Å². The largest absolute Gasteiger partial charge is 0.327 e. The lowest BCUT2D eigenvalue weighted by atomic mass is 9.97. The third kappa shape index (κ3) is 3.25. The number of benzene rings is 1. The molecule has 1 amide bonds. The Hall–Kier alpha value is -1.13. The third-order valence-electron chi connectivity index (χ3n) is 3.60. The maximum Gasteiger partial charge on any atom is 0.231 e. The van der Waals surface area contributed by atoms with E-state index in [1.54, 1.807) is 11.0 Å². The summed E-state index contributed by atoms with van der Waals surface area (Å²) in [6, 6.07) is 4.44. The quantitative estimate of drug-likeness (QED) is 0.908. The highest BCUT2D eigenvalue weighted by Gasteiger charge is 2.28. The smallest absolute Gasteiger partial charge is 0.231 e. The highest BCUT2D eigenvalue weighted by atomic mass is 35.5. The van der Waals surface area contributed by atoms with Gasteiger partial charge in [0.15, 0.2) is 0 Å². The lowest BCUT2D eigenvalue weighted by Gasteiger charge is -2.32. The zero-order valence-corrected chi connectivity index (χ0v) is 12.0. The summed E-state index contributed by atoms with van der Waals surface area (Å²) in [6.45, 7) is 4.36. The first-order valence-corrected chi connectivity index (χ1v) is 6.36. The summed E-state index contributed by atoms with van der Waals surface area (Å²) in [4.78, 5) is 14.1. The third-order valence-corrected chi connectivity index (χ3v) is 3.60. The number of hydrogen-bond acceptors (Lipinski definition) is 2. The van der Waals surface area contributed by atoms with Gasteiger partial charge in [-0.2, -0.15) is 0 Å². The van der Waals surface area contributed by atoms with Crippen molar-refractivity contribution >= 4 is 24.0 Å². The fourth-order valence-corrected chi connectivity index (χ4v) is 2.27. The molecular weight excluding hydrogens is 267 g/mol. The monoisotopic (exact) mass is 286 g/mol. The molecule has 2 rings (SSSR count). The highest BCUT2D eigenvalue weighted by Crippen LogP contribution is 2.29. The summed E-state index contributed by atoms with van der Waals surface area (Å²) >= 11 is 0. The second-order valence-electron chi connectivity index (χ2n) is 5.01. The Labute approximate surface area is 119 Å². The normalized spacial score (nSPS) is 17.2. The van der Waals surface area contributed by atoms with Crippen LogP contribution in [0.4, 0.5) is 10.1 Å². The molecule has 1 aromatic rings. The van der Waals surface area contributed by atoms with Crippen molar-refractivity contribution in [2.45, 2.75) is 32.7 Å². The number of carbonyl (C=O) groups excluding carboxylic acids is 1. The number of aryl methyl sites for hydroxylation is 1. The standard InChI is InChI=1S/C14H19FN2O.ClH/c1-9(10(2)16)14(18)17-7-3-4-11-8-12(15)5-6-13(11)17;/h5-6,8-10H,3-4,7,16H2,1-2H3;1H. The fraction of sp³-hybridized carbons (Fsp3) is 0.500. The van der Waals surface area contributed by atoms with Crippen LogP contribution in [-0.2, 0) is 11.2 Å². The molecule has 19 heavy (non-hydrogen) atoms. The van der Waals surface area contributed by atoms with E-state index in [9.17, 15) is 9.18 Å². The number of carbonyl (C=O) groups is 1. The van der Waals surface area contributed by atoms with Crippen molar-refractivity contribution in [3.8, 4) is 0 Å². The first-order chi connectivity index (χ1) is 8.50. The Morgan fingerprint density at radius 1 is 1.42 bits per heavy atom. The van der Waals surface area contributed by atoms with Crippen LogP contribution in [0.5, 0.6) is 0 Å². The van der Waals surface area contributed by atoms with Gasteiger partial charge in [0.05, 0.1) is 5.92 Å². The number of halogens is 2. The van der Waals surface area contributed by atoms with Crippen molar-refractivity contribution in [1.82, 2.24) is 0 Å². The molecular formula is C14H20ClFN2O. The van der Waals surface area contributed by atoms with Gasteiger partial charge in [0.2, 0.25) is 5.91 Å². The van der Waals surface area contributed by atoms with Gasteiger partial charge < -0.3 is 10.6 Å². The summed E-state index contributed by atoms with van der Waals surface area (Å²) in [5, 5.41) is 0. The Balaban J connectivity index is 0.00000180. The van der Waals surface area contributed by atoms with Crippen molar-refractivity contribution < 1.29 is 9.18 Å². The number of anilines is 1. The number of amides is 1. The fourth-order valence-electron chi connectivity index (χ4n) is 2.27. The molecule has 0 fully saturated rings. The lowest BCUT2D eigenvalue weighted by molar-refractivity contribution is -0.122. The van der Waals surface area contributed by atoms with Gasteiger partial charge in [-0.15, -0.1) is 12.4 Å². The van der Waals surface area contributed by atoms with Crippen LogP contribution in [0, 0.1) is 11.7 Å².